The molecular formula is C32H42Cl2FN3O. The number of hydrogen-bond donors (Lipinski definition) is 0. The largest absolute Gasteiger partial charge is 0.342 e. The van der Waals surface area contributed by atoms with Gasteiger partial charge in [-0.3, -0.25) is 4.79 Å². The molecule has 7 heteroatoms. The first kappa shape index (κ1) is 28.9. The third kappa shape index (κ3) is 7.16. The number of carbonyl (C=O) groups is 1. The average Bonchev–Trinajstić information content (AvgIpc) is 3.19. The van der Waals surface area contributed by atoms with Crippen molar-refractivity contribution in [3.63, 3.8) is 0 Å². The van der Waals surface area contributed by atoms with Gasteiger partial charge in [0.15, 0.2) is 0 Å². The molecule has 0 unspecified atom stereocenters. The Labute approximate surface area is 243 Å². The van der Waals surface area contributed by atoms with Crippen molar-refractivity contribution in [1.82, 2.24) is 14.7 Å². The first-order chi connectivity index (χ1) is 18.9. The Bertz CT molecular complexity index is 1100. The summed E-state index contributed by atoms with van der Waals surface area (Å²) in [4.78, 5) is 20.9. The van der Waals surface area contributed by atoms with Gasteiger partial charge in [0.2, 0.25) is 5.91 Å². The zero-order chi connectivity index (χ0) is 27.2. The maximum atomic E-state index is 14.5. The molecular weight excluding hydrogens is 532 g/mol. The lowest BCUT2D eigenvalue weighted by atomic mass is 9.73. The number of rotatable bonds is 7. The summed E-state index contributed by atoms with van der Waals surface area (Å²) in [5.41, 5.74) is 1.32. The van der Waals surface area contributed by atoms with Crippen LogP contribution in [0.25, 0.3) is 0 Å². The first-order valence-electron chi connectivity index (χ1n) is 14.9. The minimum absolute atomic E-state index is 0.0128. The van der Waals surface area contributed by atoms with Crippen LogP contribution in [-0.4, -0.2) is 72.5 Å². The topological polar surface area (TPSA) is 26.8 Å². The minimum atomic E-state index is -0.417. The van der Waals surface area contributed by atoms with Gasteiger partial charge < -0.3 is 14.7 Å². The number of amides is 1. The van der Waals surface area contributed by atoms with E-state index in [0.29, 0.717) is 23.7 Å². The van der Waals surface area contributed by atoms with Gasteiger partial charge in [-0.05, 0) is 107 Å². The highest BCUT2D eigenvalue weighted by molar-refractivity contribution is 6.31. The summed E-state index contributed by atoms with van der Waals surface area (Å²) in [6.07, 6.45) is 10.6. The summed E-state index contributed by atoms with van der Waals surface area (Å²) in [5.74, 6) is -0.475. The molecule has 4 nitrogen and oxygen atoms in total. The van der Waals surface area contributed by atoms with Crippen LogP contribution in [-0.2, 0) is 16.6 Å². The van der Waals surface area contributed by atoms with Crippen molar-refractivity contribution in [1.29, 1.82) is 0 Å². The van der Waals surface area contributed by atoms with Gasteiger partial charge in [0, 0.05) is 40.2 Å². The van der Waals surface area contributed by atoms with Crippen molar-refractivity contribution in [3.8, 4) is 0 Å². The number of carbonyl (C=O) groups excluding carboxylic acids is 1. The molecule has 5 rings (SSSR count). The third-order valence-corrected chi connectivity index (χ3v) is 9.97. The van der Waals surface area contributed by atoms with Gasteiger partial charge in [-0.2, -0.15) is 0 Å². The Hall–Kier alpha value is -1.66. The molecule has 0 bridgehead atoms. The van der Waals surface area contributed by atoms with Crippen molar-refractivity contribution < 1.29 is 9.18 Å². The van der Waals surface area contributed by atoms with E-state index < -0.39 is 5.82 Å². The molecule has 1 atom stereocenters. The molecule has 2 aromatic carbocycles. The maximum Gasteiger partial charge on any atom is 0.227 e. The SMILES string of the molecule is O=C(Cc1c(F)cccc1Cl)N1CCCC[C@](CCN2CCC(N3CCCCC3)CC2)(c2cccc(Cl)c2)C1. The molecule has 39 heavy (non-hydrogen) atoms. The third-order valence-electron chi connectivity index (χ3n) is 9.38. The van der Waals surface area contributed by atoms with E-state index in [2.05, 4.69) is 21.9 Å². The van der Waals surface area contributed by atoms with Gasteiger partial charge in [-0.1, -0.05) is 54.2 Å². The average molecular weight is 575 g/mol. The lowest BCUT2D eigenvalue weighted by molar-refractivity contribution is -0.131. The lowest BCUT2D eigenvalue weighted by Crippen LogP contribution is -2.48. The van der Waals surface area contributed by atoms with E-state index >= 15 is 0 Å². The fourth-order valence-electron chi connectivity index (χ4n) is 7.03. The number of likely N-dealkylation sites (tertiary alicyclic amines) is 3. The highest BCUT2D eigenvalue weighted by Crippen LogP contribution is 2.39. The first-order valence-corrected chi connectivity index (χ1v) is 15.6. The van der Waals surface area contributed by atoms with Crippen LogP contribution in [0.4, 0.5) is 4.39 Å². The summed E-state index contributed by atoms with van der Waals surface area (Å²) in [6.45, 7) is 7.15. The molecule has 3 aliphatic rings. The Balaban J connectivity index is 1.30. The second-order valence-electron chi connectivity index (χ2n) is 11.9. The van der Waals surface area contributed by atoms with E-state index in [0.717, 1.165) is 56.4 Å². The number of halogens is 3. The van der Waals surface area contributed by atoms with Crippen LogP contribution in [0.1, 0.15) is 68.9 Å². The molecule has 0 saturated carbocycles. The highest BCUT2D eigenvalue weighted by Gasteiger charge is 2.38. The monoisotopic (exact) mass is 573 g/mol. The summed E-state index contributed by atoms with van der Waals surface area (Å²) in [5, 5.41) is 1.04. The molecule has 0 N–H and O–H groups in total. The van der Waals surface area contributed by atoms with Crippen molar-refractivity contribution in [2.24, 2.45) is 0 Å². The number of nitrogens with zero attached hydrogens (tertiary/aromatic N) is 3. The molecule has 3 saturated heterocycles. The maximum absolute atomic E-state index is 14.5. The van der Waals surface area contributed by atoms with Crippen LogP contribution in [0.15, 0.2) is 42.5 Å². The van der Waals surface area contributed by atoms with Crippen LogP contribution >= 0.6 is 23.2 Å². The van der Waals surface area contributed by atoms with Crippen molar-refractivity contribution in [2.75, 3.05) is 45.8 Å². The summed E-state index contributed by atoms with van der Waals surface area (Å²) in [7, 11) is 0. The molecule has 0 aromatic heterocycles. The quantitative estimate of drug-likeness (QED) is 0.358. The van der Waals surface area contributed by atoms with Crippen molar-refractivity contribution >= 4 is 29.1 Å². The Kier molecular flexibility index (Phi) is 9.87. The Morgan fingerprint density at radius 2 is 1.67 bits per heavy atom. The van der Waals surface area contributed by atoms with Gasteiger partial charge in [-0.25, -0.2) is 4.39 Å². The zero-order valence-corrected chi connectivity index (χ0v) is 24.5. The van der Waals surface area contributed by atoms with Crippen LogP contribution < -0.4 is 0 Å². The molecule has 0 aliphatic carbocycles. The predicted molar refractivity (Wildman–Crippen MR) is 158 cm³/mol. The molecule has 0 spiro atoms. The van der Waals surface area contributed by atoms with Gasteiger partial charge in [0.25, 0.3) is 0 Å². The zero-order valence-electron chi connectivity index (χ0n) is 23.0. The van der Waals surface area contributed by atoms with Crippen molar-refractivity contribution in [2.45, 2.75) is 75.7 Å². The standard InChI is InChI=1S/C32H42Cl2FN3O/c33-26-9-6-8-25(22-26)32(15-21-36-19-12-27(13-20-36)37-16-3-1-4-17-37)14-2-5-18-38(24-32)31(39)23-28-29(34)10-7-11-30(28)35/h6-11,22,27H,1-5,12-21,23-24H2/t32-/m1/s1. The molecule has 212 valence electrons. The minimum Gasteiger partial charge on any atom is -0.342 e. The van der Waals surface area contributed by atoms with E-state index in [1.165, 1.54) is 56.8 Å². The second-order valence-corrected chi connectivity index (χ2v) is 12.7. The van der Waals surface area contributed by atoms with Crippen LogP contribution in [0, 0.1) is 5.82 Å². The van der Waals surface area contributed by atoms with Gasteiger partial charge in [0.05, 0.1) is 6.42 Å². The molecule has 1 amide bonds. The molecule has 3 aliphatic heterocycles. The van der Waals surface area contributed by atoms with Crippen LogP contribution in [0.3, 0.4) is 0 Å². The van der Waals surface area contributed by atoms with Crippen LogP contribution in [0.5, 0.6) is 0 Å². The van der Waals surface area contributed by atoms with Crippen molar-refractivity contribution in [3.05, 3.63) is 69.5 Å². The molecule has 3 fully saturated rings. The smallest absolute Gasteiger partial charge is 0.227 e. The predicted octanol–water partition coefficient (Wildman–Crippen LogP) is 6.97. The number of benzene rings is 2. The summed E-state index contributed by atoms with van der Waals surface area (Å²) >= 11 is 12.8. The van der Waals surface area contributed by atoms with E-state index in [4.69, 9.17) is 23.2 Å². The fourth-order valence-corrected chi connectivity index (χ4v) is 7.45. The summed E-state index contributed by atoms with van der Waals surface area (Å²) in [6, 6.07) is 13.6. The Morgan fingerprint density at radius 1 is 0.923 bits per heavy atom. The van der Waals surface area contributed by atoms with Gasteiger partial charge >= 0.3 is 0 Å². The second kappa shape index (κ2) is 13.3. The molecule has 2 aromatic rings. The van der Waals surface area contributed by atoms with E-state index in [1.807, 2.05) is 17.0 Å². The highest BCUT2D eigenvalue weighted by atomic mass is 35.5. The van der Waals surface area contributed by atoms with E-state index in [-0.39, 0.29) is 17.7 Å². The van der Waals surface area contributed by atoms with E-state index in [1.54, 1.807) is 12.1 Å². The van der Waals surface area contributed by atoms with E-state index in [9.17, 15) is 9.18 Å². The number of hydrogen-bond acceptors (Lipinski definition) is 3. The number of piperidine rings is 2. The summed E-state index contributed by atoms with van der Waals surface area (Å²) < 4.78 is 14.5. The lowest BCUT2D eigenvalue weighted by Gasteiger charge is -2.42. The molecule has 0 radical (unpaired) electrons. The van der Waals surface area contributed by atoms with Crippen LogP contribution in [0.2, 0.25) is 10.0 Å². The van der Waals surface area contributed by atoms with Gasteiger partial charge in [0.1, 0.15) is 5.82 Å². The fraction of sp³-hybridized carbons (Fsp3) is 0.594. The Morgan fingerprint density at radius 3 is 2.41 bits per heavy atom. The molecule has 3 heterocycles. The van der Waals surface area contributed by atoms with Gasteiger partial charge in [-0.15, -0.1) is 0 Å². The normalized spacial score (nSPS) is 24.0.